The van der Waals surface area contributed by atoms with Gasteiger partial charge in [-0.1, -0.05) is 13.8 Å². The Balaban J connectivity index is 1.52. The van der Waals surface area contributed by atoms with Crippen LogP contribution in [-0.4, -0.2) is 167 Å². The van der Waals surface area contributed by atoms with E-state index in [1.54, 1.807) is 0 Å². The van der Waals surface area contributed by atoms with Gasteiger partial charge in [0.1, 0.15) is 0 Å². The van der Waals surface area contributed by atoms with Gasteiger partial charge in [-0.3, -0.25) is 0 Å². The van der Waals surface area contributed by atoms with E-state index in [9.17, 15) is 0 Å². The van der Waals surface area contributed by atoms with E-state index >= 15 is 0 Å². The molecule has 256 valence electrons. The summed E-state index contributed by atoms with van der Waals surface area (Å²) in [7, 11) is -14.0. The molecule has 0 aliphatic carbocycles. The molecule has 33 heteroatoms. The third-order valence-corrected chi connectivity index (χ3v) is 29.8. The van der Waals surface area contributed by atoms with Crippen LogP contribution in [0.4, 0.5) is 0 Å². The Kier molecular flexibility index (Phi) is 27.6. The zero-order valence-corrected chi connectivity index (χ0v) is 43.1. The molecule has 47 heavy (non-hydrogen) atoms. The zero-order chi connectivity index (χ0) is 34.4. The van der Waals surface area contributed by atoms with Crippen molar-refractivity contribution in [2.24, 2.45) is 0 Å². The van der Waals surface area contributed by atoms with Gasteiger partial charge in [0.2, 0.25) is 18.8 Å². The number of hydrogen-bond acceptors (Lipinski definition) is 17. The fraction of sp³-hybridized carbons (Fsp3) is 1.00. The minimum Gasteiger partial charge on any atom is -0.435 e. The van der Waals surface area contributed by atoms with Crippen LogP contribution < -0.4 is 0 Å². The van der Waals surface area contributed by atoms with Crippen LogP contribution in [0.15, 0.2) is 0 Å². The second-order valence-corrected chi connectivity index (χ2v) is 32.9. The molecule has 3 atom stereocenters. The highest BCUT2D eigenvalue weighted by atomic mass is 28.5. The van der Waals surface area contributed by atoms with Gasteiger partial charge in [0, 0.05) is 12.2 Å². The Hall–Kier alpha value is 2.79. The zero-order valence-electron chi connectivity index (χ0n) is 27.1. The fourth-order valence-corrected chi connectivity index (χ4v) is 25.4. The molecular weight excluding hydrogens is 890 g/mol. The molecule has 0 aromatic rings. The monoisotopic (exact) mass is 922 g/mol. The Morgan fingerprint density at radius 2 is 1.38 bits per heavy atom. The Bertz CT molecular complexity index is 769. The second kappa shape index (κ2) is 28.3. The highest BCUT2D eigenvalue weighted by molar-refractivity contribution is 6.75. The maximum absolute atomic E-state index is 6.00. The van der Waals surface area contributed by atoms with E-state index in [0.29, 0.717) is 14.9 Å². The lowest BCUT2D eigenvalue weighted by Gasteiger charge is -2.27. The van der Waals surface area contributed by atoms with Gasteiger partial charge < -0.3 is 70.6 Å². The minimum atomic E-state index is -2.12. The van der Waals surface area contributed by atoms with Crippen molar-refractivity contribution in [3.05, 3.63) is 0 Å². The smallest absolute Gasteiger partial charge is 0.435 e. The fourth-order valence-electron chi connectivity index (χ4n) is 2.63. The summed E-state index contributed by atoms with van der Waals surface area (Å²) < 4.78 is 97.0. The topological polar surface area (TPSA) is 157 Å². The summed E-state index contributed by atoms with van der Waals surface area (Å²) in [5.41, 5.74) is 0. The molecule has 0 aromatic heterocycles. The quantitative estimate of drug-likeness (QED) is 0.0884. The van der Waals surface area contributed by atoms with E-state index in [2.05, 4.69) is 20.0 Å². The summed E-state index contributed by atoms with van der Waals surface area (Å²) in [6.07, 6.45) is 0.769. The lowest BCUT2D eigenvalue weighted by Crippen LogP contribution is -2.45. The van der Waals surface area contributed by atoms with Gasteiger partial charge in [-0.05, 0) is 64.2 Å². The third kappa shape index (κ3) is 23.2. The second-order valence-electron chi connectivity index (χ2n) is 8.96. The van der Waals surface area contributed by atoms with Crippen LogP contribution in [0.25, 0.3) is 0 Å². The highest BCUT2D eigenvalue weighted by Gasteiger charge is 2.35. The summed E-state index contributed by atoms with van der Waals surface area (Å²) in [5, 5.41) is 0.391. The first-order valence-corrected chi connectivity index (χ1v) is 33.6. The first-order valence-electron chi connectivity index (χ1n) is 13.7. The standard InChI is InChI=1S/C14H34O17Si16/c1-10-12(2)15-45(24-37-20-35-21-38-25-46-16-13(3)11-40(5)27-44(9)31-46)29-43(8)23-36-18-33-17-34-19-39-26-47-28-41(6)14(4)32-22-42(7)30-47/h12-14H,10-11H2,1-9H3/t12?,13-,14+/m0/s1. The minimum absolute atomic E-state index is 0.0206. The first kappa shape index (κ1) is 45.9. The van der Waals surface area contributed by atoms with Gasteiger partial charge in [-0.15, -0.1) is 0 Å². The first-order chi connectivity index (χ1) is 22.5. The molecule has 0 amide bonds. The summed E-state index contributed by atoms with van der Waals surface area (Å²) in [6.45, 7) is 18.0. The molecule has 2 rings (SSSR count). The van der Waals surface area contributed by atoms with Gasteiger partial charge >= 0.3 is 126 Å². The molecule has 2 aliphatic rings. The van der Waals surface area contributed by atoms with E-state index < -0.39 is 74.5 Å². The molecule has 0 saturated carbocycles. The largest absolute Gasteiger partial charge is 0.558 e. The average Bonchev–Trinajstić information content (AvgIpc) is 3.00. The lowest BCUT2D eigenvalue weighted by molar-refractivity contribution is 0.131. The lowest BCUT2D eigenvalue weighted by atomic mass is 10.3. The van der Waals surface area contributed by atoms with Crippen molar-refractivity contribution in [2.75, 3.05) is 0 Å². The van der Waals surface area contributed by atoms with E-state index in [0.717, 1.165) is 12.5 Å². The molecule has 0 spiro atoms. The van der Waals surface area contributed by atoms with Crippen molar-refractivity contribution < 1.29 is 70.6 Å². The van der Waals surface area contributed by atoms with Gasteiger partial charge in [0.05, 0.1) is 0 Å². The molecule has 0 aromatic carbocycles. The maximum Gasteiger partial charge on any atom is 0.558 e. The van der Waals surface area contributed by atoms with Crippen LogP contribution in [0.1, 0.15) is 34.1 Å². The molecule has 2 heterocycles. The summed E-state index contributed by atoms with van der Waals surface area (Å²) in [4.78, 5) is 0. The van der Waals surface area contributed by atoms with E-state index in [1.165, 1.54) is 0 Å². The summed E-state index contributed by atoms with van der Waals surface area (Å²) >= 11 is 0. The molecule has 17 nitrogen and oxygen atoms in total. The Morgan fingerprint density at radius 3 is 2.06 bits per heavy atom. The molecule has 24 radical (unpaired) electrons. The van der Waals surface area contributed by atoms with Crippen molar-refractivity contribution >= 4 is 154 Å². The molecule has 2 fully saturated rings. The van der Waals surface area contributed by atoms with E-state index in [4.69, 9.17) is 70.6 Å². The maximum atomic E-state index is 6.00. The van der Waals surface area contributed by atoms with Crippen LogP contribution >= 0.6 is 0 Å². The van der Waals surface area contributed by atoms with Gasteiger partial charge in [-0.25, -0.2) is 0 Å². The summed E-state index contributed by atoms with van der Waals surface area (Å²) in [5.74, 6) is 0. The van der Waals surface area contributed by atoms with E-state index in [-0.39, 0.29) is 82.3 Å². The normalized spacial score (nSPS) is 23.3. The molecule has 0 N–H and O–H groups in total. The van der Waals surface area contributed by atoms with Crippen LogP contribution in [0, 0.1) is 0 Å². The van der Waals surface area contributed by atoms with Crippen molar-refractivity contribution in [3.63, 3.8) is 0 Å². The highest BCUT2D eigenvalue weighted by Crippen LogP contribution is 2.15. The van der Waals surface area contributed by atoms with Gasteiger partial charge in [0.15, 0.2) is 9.04 Å². The molecule has 2 aliphatic heterocycles. The molecular formula is C14H34O17Si16. The predicted molar refractivity (Wildman–Crippen MR) is 183 cm³/mol. The average molecular weight is 924 g/mol. The van der Waals surface area contributed by atoms with Crippen LogP contribution in [0.2, 0.25) is 43.9 Å². The van der Waals surface area contributed by atoms with Gasteiger partial charge in [0.25, 0.3) is 0 Å². The van der Waals surface area contributed by atoms with Crippen molar-refractivity contribution in [1.82, 2.24) is 0 Å². The third-order valence-electron chi connectivity index (χ3n) is 4.95. The predicted octanol–water partition coefficient (Wildman–Crippen LogP) is -1.26. The van der Waals surface area contributed by atoms with Crippen molar-refractivity contribution in [3.8, 4) is 0 Å². The van der Waals surface area contributed by atoms with Crippen LogP contribution in [0.5, 0.6) is 0 Å². The van der Waals surface area contributed by atoms with E-state index in [1.807, 2.05) is 40.4 Å². The Morgan fingerprint density at radius 1 is 0.787 bits per heavy atom. The van der Waals surface area contributed by atoms with Crippen molar-refractivity contribution in [1.29, 1.82) is 0 Å². The molecule has 0 bridgehead atoms. The van der Waals surface area contributed by atoms with Gasteiger partial charge in [-0.2, -0.15) is 0 Å². The van der Waals surface area contributed by atoms with Crippen molar-refractivity contribution in [2.45, 2.75) is 90.3 Å². The van der Waals surface area contributed by atoms with Crippen LogP contribution in [0.3, 0.4) is 0 Å². The number of hydrogen-bond donors (Lipinski definition) is 0. The Labute approximate surface area is 313 Å². The molecule has 1 unspecified atom stereocenters. The molecule has 2 saturated heterocycles. The van der Waals surface area contributed by atoms with Crippen LogP contribution in [-0.2, 0) is 70.6 Å². The SMILES string of the molecule is CCC(C)O[Si](O[Si]O[Si]O[Si]O[Si]1O[C@@H](C)C[Si](C)O[Si](C)O1)O[Si](C)O[Si]O[Si]O[Si]O[Si]O[Si]1O[Si](C)O[Si][C@@H](C)[Si](C)O1. The summed E-state index contributed by atoms with van der Waals surface area (Å²) in [6, 6.07) is 0.887. The number of rotatable bonds is 23.